The van der Waals surface area contributed by atoms with Crippen molar-refractivity contribution in [2.24, 2.45) is 0 Å². The van der Waals surface area contributed by atoms with Gasteiger partial charge in [0.2, 0.25) is 0 Å². The number of nitrogens with zero attached hydrogens (tertiary/aromatic N) is 1. The van der Waals surface area contributed by atoms with Crippen LogP contribution in [0.4, 0.5) is 5.69 Å². The van der Waals surface area contributed by atoms with Gasteiger partial charge in [0.25, 0.3) is 5.91 Å². The zero-order valence-electron chi connectivity index (χ0n) is 10.8. The van der Waals surface area contributed by atoms with Gasteiger partial charge in [0.15, 0.2) is 0 Å². The highest BCUT2D eigenvalue weighted by molar-refractivity contribution is 5.95. The third-order valence-electron chi connectivity index (χ3n) is 3.67. The molecule has 1 aliphatic rings. The lowest BCUT2D eigenvalue weighted by Gasteiger charge is -2.31. The van der Waals surface area contributed by atoms with Crippen LogP contribution in [-0.4, -0.2) is 22.9 Å². The first kappa shape index (κ1) is 12.0. The fourth-order valence-electron chi connectivity index (χ4n) is 2.41. The van der Waals surface area contributed by atoms with Crippen molar-refractivity contribution < 1.29 is 4.79 Å². The molecule has 0 unspecified atom stereocenters. The molecule has 1 heterocycles. The molecule has 0 spiro atoms. The number of anilines is 1. The summed E-state index contributed by atoms with van der Waals surface area (Å²) in [7, 11) is 0. The topological polar surface area (TPSA) is 46.3 Å². The molecule has 2 N–H and O–H groups in total. The van der Waals surface area contributed by atoms with Gasteiger partial charge in [-0.15, -0.1) is 0 Å². The minimum atomic E-state index is -0.0310. The number of hydrogen-bond acceptors (Lipinski definition) is 2. The van der Waals surface area contributed by atoms with Crippen LogP contribution in [0.3, 0.4) is 0 Å². The Morgan fingerprint density at radius 1 is 1.41 bits per heavy atom. The second kappa shape index (κ2) is 4.06. The molecule has 17 heavy (non-hydrogen) atoms. The minimum Gasteiger partial charge on any atom is -0.398 e. The Labute approximate surface area is 103 Å². The van der Waals surface area contributed by atoms with E-state index in [1.165, 1.54) is 0 Å². The van der Waals surface area contributed by atoms with Gasteiger partial charge in [-0.05, 0) is 51.3 Å². The Kier molecular flexibility index (Phi) is 2.86. The van der Waals surface area contributed by atoms with Crippen molar-refractivity contribution in [1.82, 2.24) is 4.90 Å². The van der Waals surface area contributed by atoms with Crippen molar-refractivity contribution in [3.05, 3.63) is 29.3 Å². The summed E-state index contributed by atoms with van der Waals surface area (Å²) in [5, 5.41) is 0. The molecule has 1 fully saturated rings. The maximum Gasteiger partial charge on any atom is 0.254 e. The molecule has 1 saturated heterocycles. The van der Waals surface area contributed by atoms with Gasteiger partial charge in [0.1, 0.15) is 0 Å². The number of rotatable bonds is 1. The van der Waals surface area contributed by atoms with E-state index < -0.39 is 0 Å². The first-order chi connectivity index (χ1) is 7.92. The predicted octanol–water partition coefficient (Wildman–Crippen LogP) is 2.59. The summed E-state index contributed by atoms with van der Waals surface area (Å²) >= 11 is 0. The first-order valence-electron chi connectivity index (χ1n) is 6.10. The zero-order valence-corrected chi connectivity index (χ0v) is 10.8. The summed E-state index contributed by atoms with van der Waals surface area (Å²) in [5.41, 5.74) is 8.22. The number of likely N-dealkylation sites (tertiary alicyclic amines) is 1. The molecule has 1 aromatic carbocycles. The molecule has 0 saturated carbocycles. The van der Waals surface area contributed by atoms with Gasteiger partial charge < -0.3 is 10.6 Å². The summed E-state index contributed by atoms with van der Waals surface area (Å²) < 4.78 is 0. The standard InChI is InChI=1S/C14H20N2O/c1-10-5-6-11(9-12(10)15)13(17)16-8-4-7-14(16,2)3/h5-6,9H,4,7-8,15H2,1-3H3. The van der Waals surface area contributed by atoms with Gasteiger partial charge in [0, 0.05) is 23.3 Å². The van der Waals surface area contributed by atoms with Crippen LogP contribution in [0.5, 0.6) is 0 Å². The average Bonchev–Trinajstić information content (AvgIpc) is 2.61. The molecule has 3 nitrogen and oxygen atoms in total. The smallest absolute Gasteiger partial charge is 0.254 e. The predicted molar refractivity (Wildman–Crippen MR) is 69.9 cm³/mol. The van der Waals surface area contributed by atoms with Crippen LogP contribution in [0.1, 0.15) is 42.6 Å². The fourth-order valence-corrected chi connectivity index (χ4v) is 2.41. The van der Waals surface area contributed by atoms with Crippen LogP contribution >= 0.6 is 0 Å². The Bertz CT molecular complexity index is 452. The Hall–Kier alpha value is -1.51. The monoisotopic (exact) mass is 232 g/mol. The summed E-state index contributed by atoms with van der Waals surface area (Å²) in [6, 6.07) is 5.56. The summed E-state index contributed by atoms with van der Waals surface area (Å²) in [6.07, 6.45) is 2.15. The van der Waals surface area contributed by atoms with E-state index in [1.54, 1.807) is 6.07 Å². The Morgan fingerprint density at radius 2 is 2.12 bits per heavy atom. The van der Waals surface area contributed by atoms with E-state index >= 15 is 0 Å². The minimum absolute atomic E-state index is 0.0310. The molecule has 0 atom stereocenters. The lowest BCUT2D eigenvalue weighted by Crippen LogP contribution is -2.42. The number of hydrogen-bond donors (Lipinski definition) is 1. The third kappa shape index (κ3) is 2.14. The van der Waals surface area contributed by atoms with E-state index in [4.69, 9.17) is 5.73 Å². The highest BCUT2D eigenvalue weighted by Gasteiger charge is 2.35. The van der Waals surface area contributed by atoms with Gasteiger partial charge in [-0.1, -0.05) is 6.07 Å². The van der Waals surface area contributed by atoms with Crippen LogP contribution in [-0.2, 0) is 0 Å². The summed E-state index contributed by atoms with van der Waals surface area (Å²) in [4.78, 5) is 14.4. The molecule has 1 aliphatic heterocycles. The molecule has 3 heteroatoms. The number of nitrogen functional groups attached to an aromatic ring is 1. The van der Waals surface area contributed by atoms with Crippen molar-refractivity contribution in [1.29, 1.82) is 0 Å². The van der Waals surface area contributed by atoms with E-state index in [0.717, 1.165) is 24.9 Å². The van der Waals surface area contributed by atoms with Crippen molar-refractivity contribution in [2.45, 2.75) is 39.2 Å². The van der Waals surface area contributed by atoms with Crippen LogP contribution in [0.25, 0.3) is 0 Å². The molecule has 1 aromatic rings. The molecule has 0 radical (unpaired) electrons. The molecule has 92 valence electrons. The lowest BCUT2D eigenvalue weighted by atomic mass is 10.0. The quantitative estimate of drug-likeness (QED) is 0.756. The van der Waals surface area contributed by atoms with E-state index in [2.05, 4.69) is 13.8 Å². The van der Waals surface area contributed by atoms with Crippen molar-refractivity contribution >= 4 is 11.6 Å². The summed E-state index contributed by atoms with van der Waals surface area (Å²) in [6.45, 7) is 7.04. The fraction of sp³-hybridized carbons (Fsp3) is 0.500. The molecule has 1 amide bonds. The summed E-state index contributed by atoms with van der Waals surface area (Å²) in [5.74, 6) is 0.0965. The second-order valence-electron chi connectivity index (χ2n) is 5.44. The zero-order chi connectivity index (χ0) is 12.6. The highest BCUT2D eigenvalue weighted by atomic mass is 16.2. The van der Waals surface area contributed by atoms with Gasteiger partial charge in [-0.2, -0.15) is 0 Å². The molecular weight excluding hydrogens is 212 g/mol. The molecule has 0 bridgehead atoms. The molecular formula is C14H20N2O. The van der Waals surface area contributed by atoms with Crippen LogP contribution in [0.2, 0.25) is 0 Å². The number of carbonyl (C=O) groups is 1. The van der Waals surface area contributed by atoms with Crippen molar-refractivity contribution in [2.75, 3.05) is 12.3 Å². The van der Waals surface area contributed by atoms with E-state index in [9.17, 15) is 4.79 Å². The largest absolute Gasteiger partial charge is 0.398 e. The average molecular weight is 232 g/mol. The molecule has 0 aromatic heterocycles. The van der Waals surface area contributed by atoms with E-state index in [-0.39, 0.29) is 11.4 Å². The van der Waals surface area contributed by atoms with Crippen molar-refractivity contribution in [3.63, 3.8) is 0 Å². The van der Waals surface area contributed by atoms with Gasteiger partial charge >= 0.3 is 0 Å². The first-order valence-corrected chi connectivity index (χ1v) is 6.10. The number of amides is 1. The third-order valence-corrected chi connectivity index (χ3v) is 3.67. The van der Waals surface area contributed by atoms with Gasteiger partial charge in [-0.3, -0.25) is 4.79 Å². The van der Waals surface area contributed by atoms with Gasteiger partial charge in [0.05, 0.1) is 0 Å². The lowest BCUT2D eigenvalue weighted by molar-refractivity contribution is 0.0652. The van der Waals surface area contributed by atoms with Crippen LogP contribution in [0.15, 0.2) is 18.2 Å². The number of benzene rings is 1. The van der Waals surface area contributed by atoms with Gasteiger partial charge in [-0.25, -0.2) is 0 Å². The maximum absolute atomic E-state index is 12.4. The van der Waals surface area contributed by atoms with Crippen molar-refractivity contribution in [3.8, 4) is 0 Å². The highest BCUT2D eigenvalue weighted by Crippen LogP contribution is 2.30. The van der Waals surface area contributed by atoms with Crippen LogP contribution in [0, 0.1) is 6.92 Å². The Morgan fingerprint density at radius 3 is 2.65 bits per heavy atom. The molecule has 0 aliphatic carbocycles. The normalized spacial score (nSPS) is 18.4. The van der Waals surface area contributed by atoms with E-state index in [1.807, 2.05) is 24.0 Å². The second-order valence-corrected chi connectivity index (χ2v) is 5.44. The number of aryl methyl sites for hydroxylation is 1. The van der Waals surface area contributed by atoms with Crippen LogP contribution < -0.4 is 5.73 Å². The maximum atomic E-state index is 12.4. The number of nitrogens with two attached hydrogens (primary N) is 1. The van der Waals surface area contributed by atoms with E-state index in [0.29, 0.717) is 11.3 Å². The number of carbonyl (C=O) groups excluding carboxylic acids is 1. The Balaban J connectivity index is 2.28. The molecule has 2 rings (SSSR count). The SMILES string of the molecule is Cc1ccc(C(=O)N2CCCC2(C)C)cc1N.